The summed E-state index contributed by atoms with van der Waals surface area (Å²) >= 11 is 0. The molecule has 43 heavy (non-hydrogen) atoms. The minimum atomic E-state index is 0.0583. The molecule has 9 nitrogen and oxygen atoms in total. The topological polar surface area (TPSA) is 94.4 Å². The maximum Gasteiger partial charge on any atom is 0.159 e. The number of nitrogens with one attached hydrogen (secondary N) is 1. The van der Waals surface area contributed by atoms with Gasteiger partial charge in [-0.1, -0.05) is 42.0 Å². The number of allylic oxidation sites excluding steroid dienone is 1. The number of aromatic nitrogens is 4. The number of carbonyl (C=O) groups is 1. The van der Waals surface area contributed by atoms with Gasteiger partial charge in [0.05, 0.1) is 49.2 Å². The van der Waals surface area contributed by atoms with Gasteiger partial charge in [-0.2, -0.15) is 5.10 Å². The molecule has 2 aromatic heterocycles. The van der Waals surface area contributed by atoms with Gasteiger partial charge in [-0.3, -0.25) is 14.4 Å². The van der Waals surface area contributed by atoms with Gasteiger partial charge in [0.25, 0.3) is 0 Å². The van der Waals surface area contributed by atoms with Crippen molar-refractivity contribution in [2.75, 3.05) is 38.2 Å². The van der Waals surface area contributed by atoms with Crippen molar-refractivity contribution in [3.63, 3.8) is 0 Å². The molecule has 3 aromatic carbocycles. The van der Waals surface area contributed by atoms with Crippen molar-refractivity contribution in [3.8, 4) is 0 Å². The first-order valence-corrected chi connectivity index (χ1v) is 14.7. The molecular formula is C34H34N6O3. The Balaban J connectivity index is 1.02. The maximum absolute atomic E-state index is 12.8. The van der Waals surface area contributed by atoms with Gasteiger partial charge in [0.2, 0.25) is 0 Å². The van der Waals surface area contributed by atoms with Gasteiger partial charge in [-0.25, -0.2) is 9.97 Å². The molecule has 0 radical (unpaired) electrons. The number of carbonyl (C=O) groups excluding carboxylic acids is 1. The highest BCUT2D eigenvalue weighted by atomic mass is 16.6. The minimum absolute atomic E-state index is 0.0583. The van der Waals surface area contributed by atoms with Crippen molar-refractivity contribution in [1.82, 2.24) is 24.6 Å². The Kier molecular flexibility index (Phi) is 7.67. The Hall–Kier alpha value is -4.44. The van der Waals surface area contributed by atoms with Crippen LogP contribution < -0.4 is 5.32 Å². The van der Waals surface area contributed by atoms with Gasteiger partial charge in [0.1, 0.15) is 12.1 Å². The summed E-state index contributed by atoms with van der Waals surface area (Å²) in [6.45, 7) is 6.53. The number of hydrogen-bond donors (Lipinski definition) is 1. The van der Waals surface area contributed by atoms with Crippen molar-refractivity contribution in [2.45, 2.75) is 32.1 Å². The number of ether oxygens (including phenoxy) is 2. The van der Waals surface area contributed by atoms with E-state index in [0.717, 1.165) is 46.1 Å². The summed E-state index contributed by atoms with van der Waals surface area (Å²) in [5.41, 5.74) is 6.17. The highest BCUT2D eigenvalue weighted by Gasteiger charge is 2.35. The van der Waals surface area contributed by atoms with E-state index < -0.39 is 0 Å². The molecule has 0 saturated carbocycles. The van der Waals surface area contributed by atoms with E-state index in [1.165, 1.54) is 11.1 Å². The molecular weight excluding hydrogens is 540 g/mol. The third-order valence-electron chi connectivity index (χ3n) is 8.10. The second-order valence-electron chi connectivity index (χ2n) is 11.3. The monoisotopic (exact) mass is 574 g/mol. The Morgan fingerprint density at radius 3 is 2.70 bits per heavy atom. The smallest absolute Gasteiger partial charge is 0.159 e. The van der Waals surface area contributed by atoms with Crippen molar-refractivity contribution in [3.05, 3.63) is 102 Å². The second-order valence-corrected chi connectivity index (χ2v) is 11.3. The van der Waals surface area contributed by atoms with Crippen LogP contribution in [-0.2, 0) is 27.2 Å². The van der Waals surface area contributed by atoms with Crippen LogP contribution >= 0.6 is 0 Å². The van der Waals surface area contributed by atoms with E-state index in [0.29, 0.717) is 38.5 Å². The van der Waals surface area contributed by atoms with E-state index in [1.807, 2.05) is 41.2 Å². The molecule has 2 aliphatic rings. The summed E-state index contributed by atoms with van der Waals surface area (Å²) < 4.78 is 13.6. The van der Waals surface area contributed by atoms with Gasteiger partial charge in [-0.15, -0.1) is 0 Å². The summed E-state index contributed by atoms with van der Waals surface area (Å²) in [6.07, 6.45) is 7.67. The zero-order valence-corrected chi connectivity index (χ0v) is 24.1. The Morgan fingerprint density at radius 1 is 1.00 bits per heavy atom. The lowest BCUT2D eigenvalue weighted by Gasteiger charge is -2.24. The minimum Gasteiger partial charge on any atom is -0.372 e. The number of hydrogen-bond acceptors (Lipinski definition) is 8. The van der Waals surface area contributed by atoms with E-state index in [1.54, 1.807) is 12.4 Å². The summed E-state index contributed by atoms with van der Waals surface area (Å²) in [4.78, 5) is 24.0. The first-order valence-electron chi connectivity index (χ1n) is 14.7. The molecule has 0 aliphatic carbocycles. The number of likely N-dealkylation sites (tertiary alicyclic amines) is 1. The molecule has 2 fully saturated rings. The lowest BCUT2D eigenvalue weighted by atomic mass is 10.1. The van der Waals surface area contributed by atoms with Crippen molar-refractivity contribution in [1.29, 1.82) is 0 Å². The highest BCUT2D eigenvalue weighted by Crippen LogP contribution is 2.27. The van der Waals surface area contributed by atoms with Crippen LogP contribution in [0.3, 0.4) is 0 Å². The molecule has 2 saturated heterocycles. The summed E-state index contributed by atoms with van der Waals surface area (Å²) in [7, 11) is 0. The van der Waals surface area contributed by atoms with Crippen molar-refractivity contribution < 1.29 is 14.3 Å². The summed E-state index contributed by atoms with van der Waals surface area (Å²) in [5, 5.41) is 10.0. The molecule has 0 bridgehead atoms. The third kappa shape index (κ3) is 6.19. The molecule has 1 N–H and O–H groups in total. The average molecular weight is 575 g/mol. The number of benzene rings is 3. The predicted octanol–water partition coefficient (Wildman–Crippen LogP) is 4.85. The molecule has 0 amide bonds. The standard InChI is InChI=1S/C34H34N6O3/c1-23-4-2-5-25(14-23)19-40-31-10-8-27(17-26(31)18-37-40)38-34-29-16-24(7-9-30(29)35-22-36-34)15-28(41)6-3-11-39-20-32-33(21-39)43-13-12-42-32/h2-10,14,16-18,22,32-33H,11-13,15,19-21H2,1H3,(H,35,36,38)/b6-3+/t32-,33+. The van der Waals surface area contributed by atoms with Crippen LogP contribution in [0, 0.1) is 6.92 Å². The number of anilines is 2. The average Bonchev–Trinajstić information content (AvgIpc) is 3.61. The first kappa shape index (κ1) is 27.4. The molecule has 0 spiro atoms. The van der Waals surface area contributed by atoms with Crippen LogP contribution in [0.15, 0.2) is 85.3 Å². The van der Waals surface area contributed by atoms with Crippen LogP contribution in [0.4, 0.5) is 11.5 Å². The lowest BCUT2D eigenvalue weighted by Crippen LogP contribution is -2.36. The van der Waals surface area contributed by atoms with E-state index in [-0.39, 0.29) is 18.0 Å². The van der Waals surface area contributed by atoms with Gasteiger partial charge in [0, 0.05) is 42.5 Å². The first-order chi connectivity index (χ1) is 21.1. The SMILES string of the molecule is Cc1cccc(Cn2ncc3cc(Nc4ncnc5ccc(CC(=O)/C=C/CN6C[C@@H]7OCCO[C@@H]7C6)cc45)ccc32)c1. The molecule has 2 aliphatic heterocycles. The van der Waals surface area contributed by atoms with Crippen LogP contribution in [0.25, 0.3) is 21.8 Å². The Labute approximate surface area is 250 Å². The molecule has 7 rings (SSSR count). The fraction of sp³-hybridized carbons (Fsp3) is 0.294. The van der Waals surface area contributed by atoms with Gasteiger partial charge < -0.3 is 14.8 Å². The molecule has 2 atom stereocenters. The summed E-state index contributed by atoms with van der Waals surface area (Å²) in [5.74, 6) is 0.754. The predicted molar refractivity (Wildman–Crippen MR) is 167 cm³/mol. The quantitative estimate of drug-likeness (QED) is 0.250. The number of fused-ring (bicyclic) bond motifs is 3. The van der Waals surface area contributed by atoms with E-state index >= 15 is 0 Å². The van der Waals surface area contributed by atoms with Crippen LogP contribution in [0.5, 0.6) is 0 Å². The van der Waals surface area contributed by atoms with E-state index in [2.05, 4.69) is 68.6 Å². The molecule has 218 valence electrons. The lowest BCUT2D eigenvalue weighted by molar-refractivity contribution is -0.116. The molecule has 9 heteroatoms. The molecule has 5 aromatic rings. The fourth-order valence-corrected chi connectivity index (χ4v) is 6.00. The van der Waals surface area contributed by atoms with Crippen LogP contribution in [0.1, 0.15) is 16.7 Å². The number of rotatable bonds is 9. The Bertz CT molecular complexity index is 1800. The molecule has 4 heterocycles. The van der Waals surface area contributed by atoms with E-state index in [9.17, 15) is 4.79 Å². The third-order valence-corrected chi connectivity index (χ3v) is 8.10. The maximum atomic E-state index is 12.8. The largest absolute Gasteiger partial charge is 0.372 e. The van der Waals surface area contributed by atoms with Crippen LogP contribution in [-0.4, -0.2) is 75.5 Å². The molecule has 0 unspecified atom stereocenters. The summed E-state index contributed by atoms with van der Waals surface area (Å²) in [6, 6.07) is 20.6. The normalized spacial score (nSPS) is 18.9. The zero-order chi connectivity index (χ0) is 29.2. The van der Waals surface area contributed by atoms with Gasteiger partial charge >= 0.3 is 0 Å². The van der Waals surface area contributed by atoms with Gasteiger partial charge in [0.15, 0.2) is 5.78 Å². The fourth-order valence-electron chi connectivity index (χ4n) is 6.00. The van der Waals surface area contributed by atoms with Crippen molar-refractivity contribution >= 4 is 39.1 Å². The number of nitrogens with zero attached hydrogens (tertiary/aromatic N) is 5. The van der Waals surface area contributed by atoms with E-state index in [4.69, 9.17) is 9.47 Å². The Morgan fingerprint density at radius 2 is 1.86 bits per heavy atom. The second kappa shape index (κ2) is 12.0. The van der Waals surface area contributed by atoms with Crippen LogP contribution in [0.2, 0.25) is 0 Å². The number of ketones is 1. The zero-order valence-electron chi connectivity index (χ0n) is 24.1. The number of aryl methyl sites for hydroxylation is 1. The van der Waals surface area contributed by atoms with Crippen molar-refractivity contribution in [2.24, 2.45) is 0 Å². The van der Waals surface area contributed by atoms with Gasteiger partial charge in [-0.05, 0) is 54.5 Å². The highest BCUT2D eigenvalue weighted by molar-refractivity contribution is 5.95.